The Morgan fingerprint density at radius 2 is 1.75 bits per heavy atom. The monoisotopic (exact) mass is 388 g/mol. The molecule has 0 radical (unpaired) electrons. The van der Waals surface area contributed by atoms with Crippen LogP contribution in [-0.4, -0.2) is 32.8 Å². The first kappa shape index (κ1) is 21.2. The molecule has 0 bridgehead atoms. The summed E-state index contributed by atoms with van der Waals surface area (Å²) in [6.45, 7) is 4.93. The fraction of sp³-hybridized carbons (Fsp3) is 0.300. The number of rotatable bonds is 7. The highest BCUT2D eigenvalue weighted by Crippen LogP contribution is 2.36. The van der Waals surface area contributed by atoms with Crippen molar-refractivity contribution in [1.82, 2.24) is 5.43 Å². The Kier molecular flexibility index (Phi) is 6.27. The number of esters is 1. The van der Waals surface area contributed by atoms with E-state index >= 15 is 0 Å². The van der Waals surface area contributed by atoms with Crippen LogP contribution < -0.4 is 16.0 Å². The van der Waals surface area contributed by atoms with E-state index in [1.54, 1.807) is 26.0 Å². The van der Waals surface area contributed by atoms with Crippen molar-refractivity contribution in [2.75, 3.05) is 0 Å². The summed E-state index contributed by atoms with van der Waals surface area (Å²) >= 11 is 0. The molecule has 2 rings (SSSR count). The Bertz CT molecular complexity index is 878. The number of para-hydroxylation sites is 1. The van der Waals surface area contributed by atoms with Gasteiger partial charge in [0, 0.05) is 5.92 Å². The van der Waals surface area contributed by atoms with Gasteiger partial charge >= 0.3 is 11.9 Å². The third-order valence-electron chi connectivity index (χ3n) is 4.84. The predicted octanol–water partition coefficient (Wildman–Crippen LogP) is 2.10. The lowest BCUT2D eigenvalue weighted by atomic mass is 9.78. The number of nitrogens with one attached hydrogen (secondary N) is 1. The van der Waals surface area contributed by atoms with Crippen LogP contribution in [0.4, 0.5) is 0 Å². The van der Waals surface area contributed by atoms with Gasteiger partial charge in [0.15, 0.2) is 11.5 Å². The fourth-order valence-electron chi connectivity index (χ4n) is 3.01. The van der Waals surface area contributed by atoms with Gasteiger partial charge < -0.3 is 20.1 Å². The Morgan fingerprint density at radius 1 is 1.14 bits per heavy atom. The van der Waals surface area contributed by atoms with Crippen molar-refractivity contribution in [3.63, 3.8) is 0 Å². The van der Waals surface area contributed by atoms with E-state index in [-0.39, 0.29) is 12.2 Å². The largest absolute Gasteiger partial charge is 0.504 e. The van der Waals surface area contributed by atoms with Crippen molar-refractivity contribution in [1.29, 1.82) is 0 Å². The summed E-state index contributed by atoms with van der Waals surface area (Å²) in [6, 6.07) is 9.27. The molecule has 150 valence electrons. The van der Waals surface area contributed by atoms with Crippen molar-refractivity contribution in [2.45, 2.75) is 38.6 Å². The van der Waals surface area contributed by atoms with Crippen LogP contribution in [0.2, 0.25) is 0 Å². The number of carbonyl (C=O) groups is 2. The van der Waals surface area contributed by atoms with Crippen molar-refractivity contribution < 1.29 is 29.6 Å². The van der Waals surface area contributed by atoms with E-state index in [0.717, 1.165) is 11.1 Å². The maximum Gasteiger partial charge on any atom is 0.325 e. The summed E-state index contributed by atoms with van der Waals surface area (Å²) in [5.41, 5.74) is 2.36. The van der Waals surface area contributed by atoms with Crippen LogP contribution in [0.5, 0.6) is 17.2 Å². The topological polar surface area (TPSA) is 142 Å². The number of hydrazine groups is 1. The molecule has 0 saturated carbocycles. The molecule has 2 aromatic carbocycles. The average Bonchev–Trinajstić information content (AvgIpc) is 2.64. The predicted molar refractivity (Wildman–Crippen MR) is 102 cm³/mol. The first-order valence-corrected chi connectivity index (χ1v) is 8.60. The summed E-state index contributed by atoms with van der Waals surface area (Å²) in [7, 11) is 0. The molecule has 0 heterocycles. The van der Waals surface area contributed by atoms with Crippen molar-refractivity contribution >= 4 is 11.9 Å². The smallest absolute Gasteiger partial charge is 0.325 e. The second-order valence-electron chi connectivity index (χ2n) is 6.85. The zero-order valence-electron chi connectivity index (χ0n) is 15.9. The molecule has 8 nitrogen and oxygen atoms in total. The van der Waals surface area contributed by atoms with Crippen LogP contribution in [0.25, 0.3) is 0 Å². The zero-order valence-corrected chi connectivity index (χ0v) is 15.9. The number of nitrogens with two attached hydrogens (primary N) is 1. The Labute approximate surface area is 162 Å². The molecular weight excluding hydrogens is 364 g/mol. The minimum atomic E-state index is -1.73. The molecule has 0 aromatic heterocycles. The van der Waals surface area contributed by atoms with Gasteiger partial charge in [0.2, 0.25) is 0 Å². The highest BCUT2D eigenvalue weighted by molar-refractivity contribution is 5.82. The standard InChI is InChI=1S/C20H24N2O6/c1-11-5-4-6-12(2)18(11)28-17(25)10-14(20(3,22-21)19(26)27)13-7-8-15(23)16(24)9-13/h4-9,14,22-24H,10,21H2,1-3H3,(H,26,27)/t14?,20-/m0/s1. The molecule has 0 aliphatic carbocycles. The molecule has 28 heavy (non-hydrogen) atoms. The van der Waals surface area contributed by atoms with E-state index in [9.17, 15) is 24.9 Å². The molecule has 2 aromatic rings. The number of carboxylic acids is 1. The number of hydrogen-bond donors (Lipinski definition) is 5. The average molecular weight is 388 g/mol. The highest BCUT2D eigenvalue weighted by atomic mass is 16.5. The van der Waals surface area contributed by atoms with Gasteiger partial charge in [0.25, 0.3) is 0 Å². The van der Waals surface area contributed by atoms with Crippen molar-refractivity contribution in [2.24, 2.45) is 5.84 Å². The minimum absolute atomic E-state index is 0.302. The number of phenols is 2. The molecule has 0 amide bonds. The van der Waals surface area contributed by atoms with E-state index in [1.807, 2.05) is 6.07 Å². The van der Waals surface area contributed by atoms with Gasteiger partial charge in [-0.25, -0.2) is 5.43 Å². The zero-order chi connectivity index (χ0) is 21.1. The fourth-order valence-corrected chi connectivity index (χ4v) is 3.01. The highest BCUT2D eigenvalue weighted by Gasteiger charge is 2.43. The Morgan fingerprint density at radius 3 is 2.25 bits per heavy atom. The number of ether oxygens (including phenoxy) is 1. The van der Waals surface area contributed by atoms with Gasteiger partial charge in [-0.15, -0.1) is 0 Å². The molecule has 0 fully saturated rings. The van der Waals surface area contributed by atoms with E-state index in [0.29, 0.717) is 11.3 Å². The van der Waals surface area contributed by atoms with Gasteiger partial charge in [-0.2, -0.15) is 0 Å². The van der Waals surface area contributed by atoms with Crippen LogP contribution in [0.1, 0.15) is 36.0 Å². The summed E-state index contributed by atoms with van der Waals surface area (Å²) in [5.74, 6) is 2.19. The molecule has 0 aliphatic rings. The van der Waals surface area contributed by atoms with E-state index < -0.39 is 29.1 Å². The van der Waals surface area contributed by atoms with Crippen LogP contribution in [-0.2, 0) is 9.59 Å². The van der Waals surface area contributed by atoms with Gasteiger partial charge in [-0.3, -0.25) is 15.4 Å². The molecule has 0 aliphatic heterocycles. The molecule has 8 heteroatoms. The number of phenolic OH excluding ortho intramolecular Hbond substituents is 2. The Hall–Kier alpha value is -3.10. The number of hydrogen-bond acceptors (Lipinski definition) is 7. The molecule has 6 N–H and O–H groups in total. The van der Waals surface area contributed by atoms with E-state index in [1.165, 1.54) is 25.1 Å². The number of aliphatic carboxylic acids is 1. The molecule has 2 atom stereocenters. The summed E-state index contributed by atoms with van der Waals surface area (Å²) in [4.78, 5) is 24.5. The first-order chi connectivity index (χ1) is 13.1. The first-order valence-electron chi connectivity index (χ1n) is 8.60. The number of benzene rings is 2. The normalized spacial score (nSPS) is 14.1. The maximum absolute atomic E-state index is 12.6. The second kappa shape index (κ2) is 8.28. The summed E-state index contributed by atoms with van der Waals surface area (Å²) in [6.07, 6.45) is -0.328. The van der Waals surface area contributed by atoms with Gasteiger partial charge in [0.05, 0.1) is 6.42 Å². The van der Waals surface area contributed by atoms with Crippen LogP contribution in [0.3, 0.4) is 0 Å². The Balaban J connectivity index is 2.40. The number of carboxylic acid groups (broad SMARTS) is 1. The lowest BCUT2D eigenvalue weighted by Crippen LogP contribution is -2.57. The molecule has 0 spiro atoms. The minimum Gasteiger partial charge on any atom is -0.504 e. The molecule has 1 unspecified atom stereocenters. The molecule has 0 saturated heterocycles. The van der Waals surface area contributed by atoms with Crippen molar-refractivity contribution in [3.8, 4) is 17.2 Å². The lowest BCUT2D eigenvalue weighted by molar-refractivity contribution is -0.146. The van der Waals surface area contributed by atoms with E-state index in [4.69, 9.17) is 10.6 Å². The number of aryl methyl sites for hydroxylation is 2. The summed E-state index contributed by atoms with van der Waals surface area (Å²) < 4.78 is 5.49. The van der Waals surface area contributed by atoms with Crippen LogP contribution >= 0.6 is 0 Å². The summed E-state index contributed by atoms with van der Waals surface area (Å²) in [5, 5.41) is 29.0. The van der Waals surface area contributed by atoms with E-state index in [2.05, 4.69) is 5.43 Å². The molecular formula is C20H24N2O6. The van der Waals surface area contributed by atoms with Gasteiger partial charge in [-0.1, -0.05) is 24.3 Å². The van der Waals surface area contributed by atoms with Crippen LogP contribution in [0.15, 0.2) is 36.4 Å². The SMILES string of the molecule is Cc1cccc(C)c1OC(=O)CC(c1ccc(O)c(O)c1)[C@](C)(NN)C(=O)O. The maximum atomic E-state index is 12.6. The van der Waals surface area contributed by atoms with Gasteiger partial charge in [-0.05, 0) is 49.6 Å². The third kappa shape index (κ3) is 4.24. The number of aromatic hydroxyl groups is 2. The van der Waals surface area contributed by atoms with Crippen LogP contribution in [0, 0.1) is 13.8 Å². The van der Waals surface area contributed by atoms with Gasteiger partial charge in [0.1, 0.15) is 11.3 Å². The lowest BCUT2D eigenvalue weighted by Gasteiger charge is -2.33. The third-order valence-corrected chi connectivity index (χ3v) is 4.84. The number of carbonyl (C=O) groups excluding carboxylic acids is 1. The second-order valence-corrected chi connectivity index (χ2v) is 6.85. The van der Waals surface area contributed by atoms with Crippen molar-refractivity contribution in [3.05, 3.63) is 53.1 Å². The quantitative estimate of drug-likeness (QED) is 0.160.